The van der Waals surface area contributed by atoms with Crippen molar-refractivity contribution in [2.75, 3.05) is 0 Å². The van der Waals surface area contributed by atoms with Gasteiger partial charge in [-0.1, -0.05) is 0 Å². The summed E-state index contributed by atoms with van der Waals surface area (Å²) in [4.78, 5) is 25.0. The number of carboxylic acids is 1. The van der Waals surface area contributed by atoms with Crippen LogP contribution in [0.2, 0.25) is 0 Å². The van der Waals surface area contributed by atoms with Crippen LogP contribution in [-0.2, 0) is 0 Å². The van der Waals surface area contributed by atoms with Crippen LogP contribution in [0.4, 0.5) is 0 Å². The van der Waals surface area contributed by atoms with Gasteiger partial charge in [-0.3, -0.25) is 4.79 Å². The molecule has 0 aliphatic rings. The fourth-order valence-electron chi connectivity index (χ4n) is 1.11. The van der Waals surface area contributed by atoms with Crippen LogP contribution >= 0.6 is 22.6 Å². The summed E-state index contributed by atoms with van der Waals surface area (Å²) in [7, 11) is 0. The van der Waals surface area contributed by atoms with E-state index in [-0.39, 0.29) is 5.56 Å². The van der Waals surface area contributed by atoms with E-state index in [0.29, 0.717) is 15.0 Å². The summed E-state index contributed by atoms with van der Waals surface area (Å²) < 4.78 is 0.431. The van der Waals surface area contributed by atoms with Crippen molar-refractivity contribution >= 4 is 28.6 Å². The lowest BCUT2D eigenvalue weighted by molar-refractivity contribution is 0.0694. The third kappa shape index (κ3) is 1.74. The number of carbonyl (C=O) groups is 1. The zero-order chi connectivity index (χ0) is 10.2. The maximum Gasteiger partial charge on any atom is 0.341 e. The van der Waals surface area contributed by atoms with E-state index in [1.165, 1.54) is 0 Å². The number of nitrogens with one attached hydrogen (secondary N) is 1. The van der Waals surface area contributed by atoms with Crippen molar-refractivity contribution in [3.8, 4) is 0 Å². The Kier molecular flexibility index (Phi) is 2.74. The van der Waals surface area contributed by atoms with Crippen molar-refractivity contribution in [2.24, 2.45) is 0 Å². The largest absolute Gasteiger partial charge is 0.477 e. The van der Waals surface area contributed by atoms with Crippen LogP contribution in [0.15, 0.2) is 4.79 Å². The first-order valence-electron chi connectivity index (χ1n) is 3.57. The maximum atomic E-state index is 11.4. The number of rotatable bonds is 1. The molecule has 0 saturated carbocycles. The number of hydrogen-bond acceptors (Lipinski definition) is 2. The van der Waals surface area contributed by atoms with Crippen molar-refractivity contribution in [1.82, 2.24) is 4.98 Å². The average molecular weight is 293 g/mol. The summed E-state index contributed by atoms with van der Waals surface area (Å²) >= 11 is 1.84. The molecular weight excluding hydrogens is 285 g/mol. The summed E-state index contributed by atoms with van der Waals surface area (Å²) in [5.74, 6) is -1.18. The highest BCUT2D eigenvalue weighted by Crippen LogP contribution is 2.08. The Morgan fingerprint density at radius 2 is 1.92 bits per heavy atom. The highest BCUT2D eigenvalue weighted by Gasteiger charge is 2.15. The Labute approximate surface area is 88.1 Å². The molecule has 4 nitrogen and oxygen atoms in total. The highest BCUT2D eigenvalue weighted by molar-refractivity contribution is 14.1. The van der Waals surface area contributed by atoms with E-state index in [4.69, 9.17) is 5.11 Å². The van der Waals surface area contributed by atoms with E-state index in [9.17, 15) is 9.59 Å². The van der Waals surface area contributed by atoms with E-state index >= 15 is 0 Å². The third-order valence-electron chi connectivity index (χ3n) is 1.72. The van der Waals surface area contributed by atoms with E-state index in [1.54, 1.807) is 13.8 Å². The van der Waals surface area contributed by atoms with Gasteiger partial charge in [0.05, 0.1) is 3.57 Å². The zero-order valence-electron chi connectivity index (χ0n) is 7.14. The van der Waals surface area contributed by atoms with Gasteiger partial charge in [0.2, 0.25) is 5.43 Å². The molecule has 0 aromatic carbocycles. The standard InChI is InChI=1S/C8H8INO3/c1-3-5(8(12)13)7(11)6(9)4(2)10-3/h1-2H3,(H,10,11)(H,12,13). The first-order chi connectivity index (χ1) is 5.95. The topological polar surface area (TPSA) is 70.2 Å². The van der Waals surface area contributed by atoms with E-state index in [0.717, 1.165) is 0 Å². The summed E-state index contributed by atoms with van der Waals surface area (Å²) in [6.45, 7) is 3.32. The van der Waals surface area contributed by atoms with Crippen molar-refractivity contribution < 1.29 is 9.90 Å². The molecule has 2 N–H and O–H groups in total. The first kappa shape index (κ1) is 10.2. The van der Waals surface area contributed by atoms with Crippen LogP contribution in [-0.4, -0.2) is 16.1 Å². The van der Waals surface area contributed by atoms with Crippen LogP contribution in [0, 0.1) is 17.4 Å². The summed E-state index contributed by atoms with van der Waals surface area (Å²) in [6, 6.07) is 0. The van der Waals surface area contributed by atoms with Crippen LogP contribution in [0.25, 0.3) is 0 Å². The second kappa shape index (κ2) is 3.49. The van der Waals surface area contributed by atoms with Gasteiger partial charge in [-0.2, -0.15) is 0 Å². The predicted octanol–water partition coefficient (Wildman–Crippen LogP) is 1.29. The van der Waals surface area contributed by atoms with Gasteiger partial charge in [0, 0.05) is 11.4 Å². The van der Waals surface area contributed by atoms with Gasteiger partial charge >= 0.3 is 5.97 Å². The van der Waals surface area contributed by atoms with E-state index in [1.807, 2.05) is 22.6 Å². The molecule has 70 valence electrons. The molecule has 0 amide bonds. The second-order valence-corrected chi connectivity index (χ2v) is 3.78. The minimum atomic E-state index is -1.18. The first-order valence-corrected chi connectivity index (χ1v) is 4.65. The van der Waals surface area contributed by atoms with Crippen LogP contribution in [0.3, 0.4) is 0 Å². The molecular formula is C8H8INO3. The number of aromatic carboxylic acids is 1. The van der Waals surface area contributed by atoms with Crippen LogP contribution in [0.5, 0.6) is 0 Å². The van der Waals surface area contributed by atoms with Gasteiger partial charge in [-0.05, 0) is 36.4 Å². The Morgan fingerprint density at radius 1 is 1.38 bits per heavy atom. The molecule has 13 heavy (non-hydrogen) atoms. The van der Waals surface area contributed by atoms with E-state index < -0.39 is 11.4 Å². The van der Waals surface area contributed by atoms with Gasteiger partial charge in [0.15, 0.2) is 0 Å². The molecule has 0 spiro atoms. The number of hydrogen-bond donors (Lipinski definition) is 2. The number of halogens is 1. The molecule has 0 unspecified atom stereocenters. The molecule has 1 rings (SSSR count). The van der Waals surface area contributed by atoms with Crippen molar-refractivity contribution in [1.29, 1.82) is 0 Å². The molecule has 0 atom stereocenters. The van der Waals surface area contributed by atoms with Crippen molar-refractivity contribution in [3.63, 3.8) is 0 Å². The number of H-pyrrole nitrogens is 1. The number of aromatic nitrogens is 1. The van der Waals surface area contributed by atoms with Crippen molar-refractivity contribution in [2.45, 2.75) is 13.8 Å². The predicted molar refractivity (Wildman–Crippen MR) is 56.2 cm³/mol. The normalized spacial score (nSPS) is 10.1. The van der Waals surface area contributed by atoms with E-state index in [2.05, 4.69) is 4.98 Å². The molecule has 0 aliphatic carbocycles. The van der Waals surface area contributed by atoms with Gasteiger partial charge in [0.25, 0.3) is 0 Å². The Bertz CT molecular complexity index is 422. The lowest BCUT2D eigenvalue weighted by atomic mass is 10.2. The maximum absolute atomic E-state index is 11.4. The van der Waals surface area contributed by atoms with Gasteiger partial charge in [-0.15, -0.1) is 0 Å². The fourth-order valence-corrected chi connectivity index (χ4v) is 1.51. The quantitative estimate of drug-likeness (QED) is 0.767. The highest BCUT2D eigenvalue weighted by atomic mass is 127. The zero-order valence-corrected chi connectivity index (χ0v) is 9.30. The van der Waals surface area contributed by atoms with Crippen LogP contribution < -0.4 is 5.43 Å². The molecule has 0 radical (unpaired) electrons. The lowest BCUT2D eigenvalue weighted by Crippen LogP contribution is -2.21. The third-order valence-corrected chi connectivity index (χ3v) is 3.02. The number of aromatic amines is 1. The summed E-state index contributed by atoms with van der Waals surface area (Å²) in [5.41, 5.74) is 0.514. The van der Waals surface area contributed by atoms with Crippen molar-refractivity contribution in [3.05, 3.63) is 30.7 Å². The number of pyridine rings is 1. The van der Waals surface area contributed by atoms with Gasteiger partial charge in [0.1, 0.15) is 5.56 Å². The Morgan fingerprint density at radius 3 is 2.38 bits per heavy atom. The average Bonchev–Trinajstić information content (AvgIpc) is 1.99. The molecule has 5 heteroatoms. The molecule has 0 aliphatic heterocycles. The smallest absolute Gasteiger partial charge is 0.341 e. The molecule has 1 aromatic heterocycles. The minimum Gasteiger partial charge on any atom is -0.477 e. The number of carboxylic acid groups (broad SMARTS) is 1. The minimum absolute atomic E-state index is 0.171. The fraction of sp³-hybridized carbons (Fsp3) is 0.250. The molecule has 0 fully saturated rings. The summed E-state index contributed by atoms with van der Waals surface area (Å²) in [5, 5.41) is 8.74. The Balaban J connectivity index is 3.63. The molecule has 0 saturated heterocycles. The lowest BCUT2D eigenvalue weighted by Gasteiger charge is -2.03. The van der Waals surface area contributed by atoms with Gasteiger partial charge in [-0.25, -0.2) is 4.79 Å². The SMILES string of the molecule is Cc1[nH]c(C)c(C(=O)O)c(=O)c1I. The number of aryl methyl sites for hydroxylation is 2. The Hall–Kier alpha value is -0.850. The second-order valence-electron chi connectivity index (χ2n) is 2.70. The molecule has 1 aromatic rings. The monoisotopic (exact) mass is 293 g/mol. The molecule has 1 heterocycles. The molecule has 0 bridgehead atoms. The van der Waals surface area contributed by atoms with Gasteiger partial charge < -0.3 is 10.1 Å². The summed E-state index contributed by atoms with van der Waals surface area (Å²) in [6.07, 6.45) is 0. The van der Waals surface area contributed by atoms with Crippen LogP contribution in [0.1, 0.15) is 21.7 Å².